The molecule has 0 saturated heterocycles. The van der Waals surface area contributed by atoms with Crippen molar-refractivity contribution in [3.63, 3.8) is 0 Å². The summed E-state index contributed by atoms with van der Waals surface area (Å²) in [6.45, 7) is 0. The van der Waals surface area contributed by atoms with Gasteiger partial charge in [-0.15, -0.1) is 0 Å². The number of benzene rings is 9. The van der Waals surface area contributed by atoms with E-state index in [-0.39, 0.29) is 0 Å². The first-order valence-electron chi connectivity index (χ1n) is 21.1. The predicted molar refractivity (Wildman–Crippen MR) is 256 cm³/mol. The van der Waals surface area contributed by atoms with Crippen LogP contribution in [0.15, 0.2) is 215 Å². The molecule has 4 aromatic heterocycles. The van der Waals surface area contributed by atoms with Crippen LogP contribution in [0, 0.1) is 0 Å². The van der Waals surface area contributed by atoms with Gasteiger partial charge in [-0.2, -0.15) is 0 Å². The predicted octanol–water partition coefficient (Wildman–Crippen LogP) is 15.1. The number of hydrogen-bond donors (Lipinski definition) is 0. The maximum atomic E-state index is 6.67. The summed E-state index contributed by atoms with van der Waals surface area (Å²) in [5.41, 5.74) is 13.7. The Morgan fingerprint density at radius 2 is 0.873 bits per heavy atom. The summed E-state index contributed by atoms with van der Waals surface area (Å²) in [4.78, 5) is 15.4. The van der Waals surface area contributed by atoms with Crippen LogP contribution in [0.1, 0.15) is 0 Å². The first-order chi connectivity index (χ1) is 31.2. The quantitative estimate of drug-likeness (QED) is 0.167. The molecule has 0 spiro atoms. The minimum Gasteiger partial charge on any atom is -0.456 e. The van der Waals surface area contributed by atoms with Gasteiger partial charge in [-0.1, -0.05) is 146 Å². The van der Waals surface area contributed by atoms with Gasteiger partial charge in [0.2, 0.25) is 0 Å². The van der Waals surface area contributed by atoms with Gasteiger partial charge in [-0.25, -0.2) is 15.0 Å². The first-order valence-corrected chi connectivity index (χ1v) is 21.1. The fraction of sp³-hybridized carbons (Fsp3) is 0. The molecule has 294 valence electrons. The highest BCUT2D eigenvalue weighted by atomic mass is 16.3. The molecule has 0 aliphatic heterocycles. The van der Waals surface area contributed by atoms with Crippen LogP contribution in [0.3, 0.4) is 0 Å². The minimum atomic E-state index is 0.574. The van der Waals surface area contributed by atoms with Crippen LogP contribution in [0.2, 0.25) is 0 Å². The number of para-hydroxylation sites is 2. The van der Waals surface area contributed by atoms with Crippen LogP contribution < -0.4 is 0 Å². The molecular weight excluding hydrogens is 773 g/mol. The molecule has 6 heteroatoms. The molecular formula is C57H34N4O2. The zero-order chi connectivity index (χ0) is 41.4. The van der Waals surface area contributed by atoms with Gasteiger partial charge in [0.15, 0.2) is 17.5 Å². The number of rotatable bonds is 6. The van der Waals surface area contributed by atoms with E-state index in [0.29, 0.717) is 17.5 Å². The Kier molecular flexibility index (Phi) is 7.80. The highest BCUT2D eigenvalue weighted by molar-refractivity contribution is 6.16. The molecule has 0 aliphatic carbocycles. The van der Waals surface area contributed by atoms with Crippen LogP contribution >= 0.6 is 0 Å². The molecule has 0 saturated carbocycles. The maximum Gasteiger partial charge on any atom is 0.164 e. The SMILES string of the molecule is c1ccc(-c2cccc(-c3nc(-c4ccccc4)nc(-c4cccc5oc6ccc(-c7cccc8oc9cc(-n%10c%11ccccc%11c%11ccccc%11%10)ccc9c78)cc6c45)n3)c2)cc1. The lowest BCUT2D eigenvalue weighted by Crippen LogP contribution is -2.00. The molecule has 0 fully saturated rings. The van der Waals surface area contributed by atoms with Crippen molar-refractivity contribution >= 4 is 65.7 Å². The second kappa shape index (κ2) is 14.0. The number of aromatic nitrogens is 4. The van der Waals surface area contributed by atoms with Gasteiger partial charge in [0, 0.05) is 60.8 Å². The number of furan rings is 2. The number of nitrogens with zero attached hydrogens (tertiary/aromatic N) is 4. The Morgan fingerprint density at radius 3 is 1.62 bits per heavy atom. The van der Waals surface area contributed by atoms with Crippen molar-refractivity contribution in [1.82, 2.24) is 19.5 Å². The monoisotopic (exact) mass is 806 g/mol. The van der Waals surface area contributed by atoms with Gasteiger partial charge in [0.25, 0.3) is 0 Å². The van der Waals surface area contributed by atoms with Crippen LogP contribution in [0.25, 0.3) is 128 Å². The van der Waals surface area contributed by atoms with Gasteiger partial charge in [-0.3, -0.25) is 0 Å². The summed E-state index contributed by atoms with van der Waals surface area (Å²) >= 11 is 0. The lowest BCUT2D eigenvalue weighted by molar-refractivity contribution is 0.668. The van der Waals surface area contributed by atoms with Gasteiger partial charge < -0.3 is 13.4 Å². The topological polar surface area (TPSA) is 69.9 Å². The third-order valence-corrected chi connectivity index (χ3v) is 12.3. The zero-order valence-electron chi connectivity index (χ0n) is 33.7. The van der Waals surface area contributed by atoms with Crippen molar-refractivity contribution in [2.75, 3.05) is 0 Å². The van der Waals surface area contributed by atoms with Crippen LogP contribution in [-0.2, 0) is 0 Å². The van der Waals surface area contributed by atoms with Crippen molar-refractivity contribution in [3.8, 4) is 62.1 Å². The lowest BCUT2D eigenvalue weighted by Gasteiger charge is -2.10. The lowest BCUT2D eigenvalue weighted by atomic mass is 9.97. The van der Waals surface area contributed by atoms with Gasteiger partial charge in [0.1, 0.15) is 22.3 Å². The van der Waals surface area contributed by atoms with E-state index in [1.807, 2.05) is 48.5 Å². The summed E-state index contributed by atoms with van der Waals surface area (Å²) in [6, 6.07) is 71.4. The molecule has 4 heterocycles. The van der Waals surface area contributed by atoms with Crippen LogP contribution in [0.4, 0.5) is 0 Å². The van der Waals surface area contributed by atoms with E-state index in [1.54, 1.807) is 0 Å². The smallest absolute Gasteiger partial charge is 0.164 e. The third kappa shape index (κ3) is 5.69. The Hall–Kier alpha value is -8.61. The Labute approximate surface area is 361 Å². The molecule has 0 unspecified atom stereocenters. The number of fused-ring (bicyclic) bond motifs is 9. The highest BCUT2D eigenvalue weighted by Gasteiger charge is 2.21. The molecule has 0 atom stereocenters. The van der Waals surface area contributed by atoms with E-state index in [0.717, 1.165) is 99.5 Å². The van der Waals surface area contributed by atoms with Crippen LogP contribution in [-0.4, -0.2) is 19.5 Å². The van der Waals surface area contributed by atoms with E-state index in [4.69, 9.17) is 23.8 Å². The average Bonchev–Trinajstić information content (AvgIpc) is 4.03. The molecule has 13 rings (SSSR count). The second-order valence-corrected chi connectivity index (χ2v) is 15.9. The molecule has 13 aromatic rings. The van der Waals surface area contributed by atoms with E-state index in [1.165, 1.54) is 10.8 Å². The van der Waals surface area contributed by atoms with Gasteiger partial charge in [-0.05, 0) is 76.9 Å². The molecule has 0 bridgehead atoms. The fourth-order valence-electron chi connectivity index (χ4n) is 9.39. The molecule has 63 heavy (non-hydrogen) atoms. The summed E-state index contributed by atoms with van der Waals surface area (Å²) in [5, 5.41) is 6.51. The van der Waals surface area contributed by atoms with Crippen molar-refractivity contribution in [1.29, 1.82) is 0 Å². The standard InChI is InChI=1S/C57H34N4O2/c1-3-14-35(15-4-1)37-18-11-19-39(32-37)56-58-55(36-16-5-2-6-17-36)59-57(60-56)45-23-13-27-51-54(45)46-33-38(28-31-49(46)62-51)41-22-12-26-50-53(41)44-30-29-40(34-52(44)63-50)61-47-24-9-7-20-42(47)43-21-8-10-25-48(43)61/h1-34H. The van der Waals surface area contributed by atoms with E-state index in [9.17, 15) is 0 Å². The summed E-state index contributed by atoms with van der Waals surface area (Å²) in [6.07, 6.45) is 0. The van der Waals surface area contributed by atoms with Gasteiger partial charge >= 0.3 is 0 Å². The van der Waals surface area contributed by atoms with Crippen molar-refractivity contribution in [2.24, 2.45) is 0 Å². The van der Waals surface area contributed by atoms with Crippen molar-refractivity contribution in [2.45, 2.75) is 0 Å². The summed E-state index contributed by atoms with van der Waals surface area (Å²) < 4.78 is 15.6. The molecule has 9 aromatic carbocycles. The van der Waals surface area contributed by atoms with E-state index in [2.05, 4.69) is 162 Å². The highest BCUT2D eigenvalue weighted by Crippen LogP contribution is 2.42. The van der Waals surface area contributed by atoms with Crippen molar-refractivity contribution in [3.05, 3.63) is 206 Å². The molecule has 0 radical (unpaired) electrons. The van der Waals surface area contributed by atoms with Crippen molar-refractivity contribution < 1.29 is 8.83 Å². The van der Waals surface area contributed by atoms with E-state index >= 15 is 0 Å². The molecule has 6 nitrogen and oxygen atoms in total. The van der Waals surface area contributed by atoms with E-state index < -0.39 is 0 Å². The fourth-order valence-corrected chi connectivity index (χ4v) is 9.39. The Balaban J connectivity index is 0.967. The Bertz CT molecular complexity index is 3870. The number of hydrogen-bond acceptors (Lipinski definition) is 5. The largest absolute Gasteiger partial charge is 0.456 e. The molecule has 0 aliphatic rings. The summed E-state index contributed by atoms with van der Waals surface area (Å²) in [7, 11) is 0. The molecule has 0 amide bonds. The van der Waals surface area contributed by atoms with Gasteiger partial charge in [0.05, 0.1) is 11.0 Å². The zero-order valence-corrected chi connectivity index (χ0v) is 33.7. The first kappa shape index (κ1) is 35.2. The average molecular weight is 807 g/mol. The third-order valence-electron chi connectivity index (χ3n) is 12.3. The Morgan fingerprint density at radius 1 is 0.302 bits per heavy atom. The van der Waals surface area contributed by atoms with Crippen LogP contribution in [0.5, 0.6) is 0 Å². The second-order valence-electron chi connectivity index (χ2n) is 15.9. The molecule has 0 N–H and O–H groups in total. The minimum absolute atomic E-state index is 0.574. The normalized spacial score (nSPS) is 11.8. The maximum absolute atomic E-state index is 6.67. The summed E-state index contributed by atoms with van der Waals surface area (Å²) in [5.74, 6) is 1.78.